The third-order valence-electron chi connectivity index (χ3n) is 2.46. The van der Waals surface area contributed by atoms with Gasteiger partial charge in [-0.3, -0.25) is 14.5 Å². The number of hydrogen-bond acceptors (Lipinski definition) is 4. The van der Waals surface area contributed by atoms with Crippen molar-refractivity contribution in [1.29, 1.82) is 0 Å². The molecule has 0 atom stereocenters. The van der Waals surface area contributed by atoms with Crippen LogP contribution in [0.1, 0.15) is 12.5 Å². The molecule has 7 heteroatoms. The Balaban J connectivity index is 2.06. The number of H-pyrrole nitrogens is 1. The number of aromatic amines is 1. The number of aromatic nitrogens is 4. The van der Waals surface area contributed by atoms with Crippen LogP contribution in [0.3, 0.4) is 0 Å². The number of nitrogens with one attached hydrogen (secondary N) is 2. The van der Waals surface area contributed by atoms with Crippen LogP contribution in [0, 0.1) is 0 Å². The number of anilines is 1. The molecule has 0 spiro atoms. The Hall–Kier alpha value is -2.44. The zero-order valence-corrected chi connectivity index (χ0v) is 9.88. The van der Waals surface area contributed by atoms with E-state index in [1.54, 1.807) is 12.3 Å². The van der Waals surface area contributed by atoms with E-state index in [2.05, 4.69) is 20.5 Å². The topological polar surface area (TPSA) is 92.7 Å². The van der Waals surface area contributed by atoms with E-state index in [1.807, 2.05) is 6.92 Å². The lowest BCUT2D eigenvalue weighted by atomic mass is 10.2. The van der Waals surface area contributed by atoms with Gasteiger partial charge in [-0.1, -0.05) is 6.92 Å². The summed E-state index contributed by atoms with van der Waals surface area (Å²) in [6, 6.07) is 1.60. The SMILES string of the molecule is CCc1cn[nH]c1NC(=O)Cn1cccnc1=O. The Morgan fingerprint density at radius 1 is 1.56 bits per heavy atom. The highest BCUT2D eigenvalue weighted by Crippen LogP contribution is 2.10. The lowest BCUT2D eigenvalue weighted by Crippen LogP contribution is -2.28. The van der Waals surface area contributed by atoms with E-state index in [-0.39, 0.29) is 12.5 Å². The van der Waals surface area contributed by atoms with E-state index < -0.39 is 5.69 Å². The van der Waals surface area contributed by atoms with Gasteiger partial charge in [0.25, 0.3) is 0 Å². The quantitative estimate of drug-likeness (QED) is 0.805. The average Bonchev–Trinajstić information content (AvgIpc) is 2.79. The first-order valence-corrected chi connectivity index (χ1v) is 5.54. The largest absolute Gasteiger partial charge is 0.347 e. The normalized spacial score (nSPS) is 10.3. The number of nitrogens with zero attached hydrogens (tertiary/aromatic N) is 3. The van der Waals surface area contributed by atoms with Crippen LogP contribution in [0.5, 0.6) is 0 Å². The molecular weight excluding hydrogens is 234 g/mol. The number of carbonyl (C=O) groups excluding carboxylic acids is 1. The molecule has 0 aliphatic heterocycles. The highest BCUT2D eigenvalue weighted by Gasteiger charge is 2.08. The zero-order valence-electron chi connectivity index (χ0n) is 9.88. The van der Waals surface area contributed by atoms with Gasteiger partial charge in [-0.25, -0.2) is 9.78 Å². The second kappa shape index (κ2) is 5.26. The van der Waals surface area contributed by atoms with Gasteiger partial charge in [0.05, 0.1) is 6.20 Å². The van der Waals surface area contributed by atoms with Crippen LogP contribution in [0.15, 0.2) is 29.5 Å². The minimum atomic E-state index is -0.451. The Labute approximate surface area is 103 Å². The summed E-state index contributed by atoms with van der Waals surface area (Å²) in [5.74, 6) is 0.267. The van der Waals surface area contributed by atoms with Crippen LogP contribution in [-0.4, -0.2) is 25.7 Å². The maximum Gasteiger partial charge on any atom is 0.347 e. The predicted molar refractivity (Wildman–Crippen MR) is 65.1 cm³/mol. The van der Waals surface area contributed by atoms with E-state index in [0.717, 1.165) is 12.0 Å². The zero-order chi connectivity index (χ0) is 13.0. The Bertz CT molecular complexity index is 601. The molecule has 0 aromatic carbocycles. The predicted octanol–water partition coefficient (Wildman–Crippen LogP) is 0.168. The molecule has 2 N–H and O–H groups in total. The van der Waals surface area contributed by atoms with Gasteiger partial charge in [-0.05, 0) is 12.5 Å². The molecule has 2 rings (SSSR count). The number of amides is 1. The smallest absolute Gasteiger partial charge is 0.309 e. The molecule has 0 unspecified atom stereocenters. The van der Waals surface area contributed by atoms with Crippen LogP contribution in [0.2, 0.25) is 0 Å². The Morgan fingerprint density at radius 3 is 3.11 bits per heavy atom. The van der Waals surface area contributed by atoms with Gasteiger partial charge < -0.3 is 5.32 Å². The molecule has 0 fully saturated rings. The van der Waals surface area contributed by atoms with Gasteiger partial charge in [0.15, 0.2) is 0 Å². The number of hydrogen-bond donors (Lipinski definition) is 2. The third-order valence-corrected chi connectivity index (χ3v) is 2.46. The summed E-state index contributed by atoms with van der Waals surface area (Å²) >= 11 is 0. The fourth-order valence-electron chi connectivity index (χ4n) is 1.53. The lowest BCUT2D eigenvalue weighted by molar-refractivity contribution is -0.116. The summed E-state index contributed by atoms with van der Waals surface area (Å²) in [5, 5.41) is 9.23. The molecular formula is C11H13N5O2. The molecule has 2 aromatic rings. The van der Waals surface area contributed by atoms with Crippen LogP contribution in [-0.2, 0) is 17.8 Å². The van der Waals surface area contributed by atoms with E-state index in [4.69, 9.17) is 0 Å². The first-order chi connectivity index (χ1) is 8.70. The van der Waals surface area contributed by atoms with Crippen LogP contribution in [0.4, 0.5) is 5.82 Å². The van der Waals surface area contributed by atoms with E-state index in [1.165, 1.54) is 17.0 Å². The van der Waals surface area contributed by atoms with Gasteiger partial charge in [0.1, 0.15) is 12.4 Å². The molecule has 2 aromatic heterocycles. The van der Waals surface area contributed by atoms with Crippen LogP contribution >= 0.6 is 0 Å². The molecule has 0 bridgehead atoms. The first-order valence-electron chi connectivity index (χ1n) is 5.54. The van der Waals surface area contributed by atoms with Gasteiger partial charge >= 0.3 is 5.69 Å². The summed E-state index contributed by atoms with van der Waals surface area (Å²) in [6.07, 6.45) is 5.33. The van der Waals surface area contributed by atoms with Crippen LogP contribution < -0.4 is 11.0 Å². The van der Waals surface area contributed by atoms with Crippen molar-refractivity contribution in [1.82, 2.24) is 19.7 Å². The molecule has 18 heavy (non-hydrogen) atoms. The van der Waals surface area contributed by atoms with Gasteiger partial charge in [-0.2, -0.15) is 5.10 Å². The minimum Gasteiger partial charge on any atom is -0.309 e. The van der Waals surface area contributed by atoms with E-state index in [9.17, 15) is 9.59 Å². The van der Waals surface area contributed by atoms with Gasteiger partial charge in [0.2, 0.25) is 5.91 Å². The molecule has 1 amide bonds. The van der Waals surface area contributed by atoms with Crippen molar-refractivity contribution in [3.05, 3.63) is 40.7 Å². The highest BCUT2D eigenvalue weighted by atomic mass is 16.2. The average molecular weight is 247 g/mol. The molecule has 7 nitrogen and oxygen atoms in total. The Morgan fingerprint density at radius 2 is 2.39 bits per heavy atom. The molecule has 0 aliphatic carbocycles. The Kier molecular flexibility index (Phi) is 3.52. The van der Waals surface area contributed by atoms with E-state index in [0.29, 0.717) is 5.82 Å². The number of aryl methyl sites for hydroxylation is 1. The second-order valence-electron chi connectivity index (χ2n) is 3.70. The first kappa shape index (κ1) is 12.0. The standard InChI is InChI=1S/C11H13N5O2/c1-2-8-6-13-15-10(8)14-9(17)7-16-5-3-4-12-11(16)18/h3-6H,2,7H2,1H3,(H2,13,14,15,17). The second-order valence-corrected chi connectivity index (χ2v) is 3.70. The van der Waals surface area contributed by atoms with Crippen LogP contribution in [0.25, 0.3) is 0 Å². The van der Waals surface area contributed by atoms with Crippen molar-refractivity contribution in [2.24, 2.45) is 0 Å². The van der Waals surface area contributed by atoms with Crippen molar-refractivity contribution >= 4 is 11.7 Å². The molecule has 0 saturated carbocycles. The summed E-state index contributed by atoms with van der Waals surface area (Å²) in [7, 11) is 0. The molecule has 94 valence electrons. The van der Waals surface area contributed by atoms with Crippen molar-refractivity contribution in [2.45, 2.75) is 19.9 Å². The van der Waals surface area contributed by atoms with Crippen molar-refractivity contribution in [3.8, 4) is 0 Å². The molecule has 0 radical (unpaired) electrons. The van der Waals surface area contributed by atoms with E-state index >= 15 is 0 Å². The summed E-state index contributed by atoms with van der Waals surface area (Å²) in [6.45, 7) is 1.89. The number of carbonyl (C=O) groups is 1. The van der Waals surface area contributed by atoms with Crippen molar-refractivity contribution in [3.63, 3.8) is 0 Å². The van der Waals surface area contributed by atoms with Crippen molar-refractivity contribution < 1.29 is 4.79 Å². The molecule has 0 aliphatic rings. The molecule has 0 saturated heterocycles. The lowest BCUT2D eigenvalue weighted by Gasteiger charge is -2.06. The maximum atomic E-state index is 11.8. The third kappa shape index (κ3) is 2.62. The fourth-order valence-corrected chi connectivity index (χ4v) is 1.53. The molecule has 2 heterocycles. The van der Waals surface area contributed by atoms with Gasteiger partial charge in [-0.15, -0.1) is 0 Å². The summed E-state index contributed by atoms with van der Waals surface area (Å²) < 4.78 is 1.23. The maximum absolute atomic E-state index is 11.8. The summed E-state index contributed by atoms with van der Waals surface area (Å²) in [5.41, 5.74) is 0.467. The summed E-state index contributed by atoms with van der Waals surface area (Å²) in [4.78, 5) is 26.7. The van der Waals surface area contributed by atoms with Gasteiger partial charge in [0, 0.05) is 18.0 Å². The fraction of sp³-hybridized carbons (Fsp3) is 0.273. The minimum absolute atomic E-state index is 0.0746. The number of rotatable bonds is 4. The highest BCUT2D eigenvalue weighted by molar-refractivity contribution is 5.90. The van der Waals surface area contributed by atoms with Crippen molar-refractivity contribution in [2.75, 3.05) is 5.32 Å². The monoisotopic (exact) mass is 247 g/mol.